The number of nitrogen functional groups attached to an aromatic ring is 2. The molecule has 4 N–H and O–H groups in total. The van der Waals surface area contributed by atoms with E-state index < -0.39 is 0 Å². The van der Waals surface area contributed by atoms with Crippen molar-refractivity contribution in [3.63, 3.8) is 0 Å². The van der Waals surface area contributed by atoms with Crippen molar-refractivity contribution in [1.82, 2.24) is 4.98 Å². The number of aryl methyl sites for hydroxylation is 4. The van der Waals surface area contributed by atoms with Crippen molar-refractivity contribution in [2.24, 2.45) is 14.1 Å². The standard InChI is InChI=1S/C25H29N2.C20H18N4.C19H17N2O2.C17H15N2O2/c1-24(2)18-12-7-9-14-20(18)26(5)22(24)16-11-17-23-25(3,4)19-13-8-10-15-21(19)27(23)6;1-12-8-17-19(10-15(12)21)24(14-6-4-3-5-7-14)20-11-16(22)13(2)9-18(20)23-17;1-20-14-8-3-5-10-16(14)22-18(20)12-7-13-19-21(2)15-9-4-6-11-17(15)23-19;1-18-12-7-3-5-9-14(12)20-16(18)11-17-19(2)13-8-4-6-10-15(13)21-17/h7-17H,1-6H3;3-11H,1-2H3,(H3,21,22);3-13H,1-2H3;3-11H,1-2H3/q+1;;2*+1/p+1. The lowest BCUT2D eigenvalue weighted by atomic mass is 9.81. The topological polar surface area (TPSA) is 134 Å². The summed E-state index contributed by atoms with van der Waals surface area (Å²) in [5.41, 5.74) is 34.8. The van der Waals surface area contributed by atoms with Crippen molar-refractivity contribution >= 4 is 96.3 Å². The number of likely N-dealkylation sites (N-methyl/N-ethyl adjacent to an activating group) is 1. The van der Waals surface area contributed by atoms with Crippen molar-refractivity contribution < 1.29 is 36.6 Å². The Balaban J connectivity index is 0.000000115. The number of hydrogen-bond acceptors (Lipinski definition) is 10. The number of anilines is 5. The summed E-state index contributed by atoms with van der Waals surface area (Å²) in [7, 11) is 12.3. The third-order valence-electron chi connectivity index (χ3n) is 18.7. The molecule has 0 aliphatic carbocycles. The number of hydrogen-bond donors (Lipinski definition) is 2. The maximum Gasteiger partial charge on any atom is 0.379 e. The fraction of sp³-hybridized carbons (Fsp3) is 0.173. The maximum atomic E-state index is 6.17. The number of fused-ring (bicyclic) bond motifs is 8. The van der Waals surface area contributed by atoms with Crippen LogP contribution in [0, 0.1) is 13.8 Å². The van der Waals surface area contributed by atoms with Gasteiger partial charge in [0.2, 0.25) is 39.5 Å². The van der Waals surface area contributed by atoms with Crippen LogP contribution in [-0.2, 0) is 24.9 Å². The van der Waals surface area contributed by atoms with Crippen molar-refractivity contribution in [3.8, 4) is 17.2 Å². The molecule has 0 saturated heterocycles. The van der Waals surface area contributed by atoms with Gasteiger partial charge in [0.25, 0.3) is 11.0 Å². The Morgan fingerprint density at radius 3 is 1.53 bits per heavy atom. The molecule has 4 aliphatic rings. The molecule has 0 bridgehead atoms. The molecule has 0 atom stereocenters. The van der Waals surface area contributed by atoms with Gasteiger partial charge < -0.3 is 44.5 Å². The largest absolute Gasteiger partial charge is 0.439 e. The molecule has 0 radical (unpaired) electrons. The summed E-state index contributed by atoms with van der Waals surface area (Å²) in [6, 6.07) is 67.6. The number of rotatable bonds is 6. The molecule has 9 aromatic carbocycles. The minimum atomic E-state index is 0.0143. The molecule has 12 aromatic rings. The molecule has 4 aliphatic heterocycles. The van der Waals surface area contributed by atoms with E-state index in [1.165, 1.54) is 33.9 Å². The average molecular weight is 1260 g/mol. The van der Waals surface area contributed by atoms with Gasteiger partial charge in [-0.1, -0.05) is 123 Å². The Labute approximate surface area is 555 Å². The van der Waals surface area contributed by atoms with Crippen molar-refractivity contribution in [3.05, 3.63) is 282 Å². The second-order valence-electron chi connectivity index (χ2n) is 25.4. The van der Waals surface area contributed by atoms with Crippen LogP contribution in [0.2, 0.25) is 0 Å². The van der Waals surface area contributed by atoms with Gasteiger partial charge in [-0.25, -0.2) is 4.98 Å². The molecular weight excluding hydrogens is 1180 g/mol. The van der Waals surface area contributed by atoms with E-state index in [9.17, 15) is 0 Å². The Bertz CT molecular complexity index is 5120. The molecule has 16 rings (SSSR count). The monoisotopic (exact) mass is 1260 g/mol. The van der Waals surface area contributed by atoms with Gasteiger partial charge >= 0.3 is 11.8 Å². The van der Waals surface area contributed by atoms with Crippen molar-refractivity contribution in [1.29, 1.82) is 0 Å². The number of aromatic nitrogens is 4. The van der Waals surface area contributed by atoms with Gasteiger partial charge in [0.1, 0.15) is 38.3 Å². The van der Waals surface area contributed by atoms with Gasteiger partial charge in [-0.05, 0) is 117 Å². The summed E-state index contributed by atoms with van der Waals surface area (Å²) in [5.74, 6) is 4.84. The Kier molecular flexibility index (Phi) is 16.5. The third-order valence-corrected chi connectivity index (χ3v) is 18.7. The third kappa shape index (κ3) is 11.6. The molecule has 3 aromatic heterocycles. The first-order valence-electron chi connectivity index (χ1n) is 31.9. The van der Waals surface area contributed by atoms with E-state index in [4.69, 9.17) is 34.8 Å². The zero-order valence-corrected chi connectivity index (χ0v) is 56.0. The van der Waals surface area contributed by atoms with Crippen LogP contribution >= 0.6 is 0 Å². The van der Waals surface area contributed by atoms with Gasteiger partial charge in [-0.2, -0.15) is 13.7 Å². The van der Waals surface area contributed by atoms with Crippen LogP contribution in [0.15, 0.2) is 257 Å². The molecule has 474 valence electrons. The highest BCUT2D eigenvalue weighted by atomic mass is 16.5. The van der Waals surface area contributed by atoms with E-state index in [-0.39, 0.29) is 10.8 Å². The molecule has 0 spiro atoms. The first-order chi connectivity index (χ1) is 45.8. The summed E-state index contributed by atoms with van der Waals surface area (Å²) >= 11 is 0. The van der Waals surface area contributed by atoms with Crippen molar-refractivity contribution in [2.45, 2.75) is 52.4 Å². The normalized spacial score (nSPS) is 16.1. The summed E-state index contributed by atoms with van der Waals surface area (Å²) in [5, 5.41) is 0. The molecule has 0 amide bonds. The average Bonchev–Trinajstić information content (AvgIpc) is 1.73. The minimum absolute atomic E-state index is 0.0143. The number of nitrogens with two attached hydrogens (primary N) is 2. The zero-order valence-electron chi connectivity index (χ0n) is 56.0. The quantitative estimate of drug-likeness (QED) is 0.0941. The highest BCUT2D eigenvalue weighted by molar-refractivity contribution is 6.03. The molecule has 95 heavy (non-hydrogen) atoms. The minimum Gasteiger partial charge on any atom is -0.439 e. The lowest BCUT2D eigenvalue weighted by Crippen LogP contribution is -2.33. The zero-order chi connectivity index (χ0) is 66.4. The van der Waals surface area contributed by atoms with Crippen molar-refractivity contribution in [2.75, 3.05) is 54.4 Å². The van der Waals surface area contributed by atoms with E-state index in [0.29, 0.717) is 0 Å². The van der Waals surface area contributed by atoms with Crippen LogP contribution in [0.3, 0.4) is 0 Å². The van der Waals surface area contributed by atoms with Crippen LogP contribution in [0.5, 0.6) is 11.5 Å². The molecule has 0 saturated carbocycles. The lowest BCUT2D eigenvalue weighted by molar-refractivity contribution is -0.652. The first kappa shape index (κ1) is 62.3. The predicted octanol–water partition coefficient (Wildman–Crippen LogP) is 15.7. The van der Waals surface area contributed by atoms with E-state index in [2.05, 4.69) is 135 Å². The molecule has 0 fully saturated rings. The number of nitrogens with zero attached hydrogens (tertiary/aromatic N) is 8. The SMILES string of the molecule is CN1/C(=C/C=C/C2=[N+](C)c3ccccc3C2(C)C)C(C)(C)c2ccccc21.CN1/C(=C/C=C/c2oc3ccccc3[n+]2C)Oc2ccccc21.CN1/C(=C/c2oc3ccccc3[n+]2C)Oc2ccccc21.Cc1cc2nc3cc(C)c(N)cc3[n+](-c3ccccc3)c2cc1N. The number of ether oxygens (including phenoxy) is 2. The van der Waals surface area contributed by atoms with Gasteiger partial charge in [-0.15, -0.1) is 4.57 Å². The van der Waals surface area contributed by atoms with Crippen LogP contribution in [0.1, 0.15) is 61.7 Å². The fourth-order valence-corrected chi connectivity index (χ4v) is 13.2. The molecule has 7 heterocycles. The second-order valence-corrected chi connectivity index (χ2v) is 25.4. The van der Waals surface area contributed by atoms with Crippen LogP contribution in [-0.4, -0.2) is 43.5 Å². The smallest absolute Gasteiger partial charge is 0.379 e. The van der Waals surface area contributed by atoms with Gasteiger partial charge in [0.05, 0.1) is 22.9 Å². The number of benzene rings is 9. The number of allylic oxidation sites excluding steroid dienone is 6. The lowest BCUT2D eigenvalue weighted by Gasteiger charge is -2.23. The maximum absolute atomic E-state index is 6.17. The van der Waals surface area contributed by atoms with E-state index >= 15 is 0 Å². The number of para-hydroxylation sites is 11. The second kappa shape index (κ2) is 25.2. The summed E-state index contributed by atoms with van der Waals surface area (Å²) in [6.45, 7) is 13.2. The summed E-state index contributed by atoms with van der Waals surface area (Å²) in [4.78, 5) is 11.2. The Morgan fingerprint density at radius 1 is 0.463 bits per heavy atom. The Hall–Kier alpha value is -11.5. The predicted molar refractivity (Wildman–Crippen MR) is 385 cm³/mol. The molecule has 14 nitrogen and oxygen atoms in total. The van der Waals surface area contributed by atoms with E-state index in [1.54, 1.807) is 0 Å². The number of oxazole rings is 2. The van der Waals surface area contributed by atoms with Gasteiger partial charge in [-0.3, -0.25) is 0 Å². The first-order valence-corrected chi connectivity index (χ1v) is 31.9. The van der Waals surface area contributed by atoms with Gasteiger partial charge in [0.15, 0.2) is 23.1 Å². The van der Waals surface area contributed by atoms with Crippen LogP contribution in [0.25, 0.3) is 62.1 Å². The van der Waals surface area contributed by atoms with Crippen LogP contribution in [0.4, 0.5) is 34.1 Å². The molecular formula is C81H80N10O4+4. The summed E-state index contributed by atoms with van der Waals surface area (Å²) < 4.78 is 32.0. The highest BCUT2D eigenvalue weighted by Gasteiger charge is 2.43. The van der Waals surface area contributed by atoms with Crippen LogP contribution < -0.4 is 49.3 Å². The van der Waals surface area contributed by atoms with E-state index in [1.807, 2.05) is 225 Å². The van der Waals surface area contributed by atoms with Gasteiger partial charge in [0, 0.05) is 103 Å². The fourth-order valence-electron chi connectivity index (χ4n) is 13.2. The van der Waals surface area contributed by atoms with E-state index in [0.717, 1.165) is 119 Å². The molecule has 0 unspecified atom stereocenters. The molecule has 14 heteroatoms. The highest BCUT2D eigenvalue weighted by Crippen LogP contribution is 2.47. The Morgan fingerprint density at radius 2 is 0.947 bits per heavy atom. The summed E-state index contributed by atoms with van der Waals surface area (Å²) in [6.07, 6.45) is 14.5.